The predicted molar refractivity (Wildman–Crippen MR) is 81.6 cm³/mol. The van der Waals surface area contributed by atoms with Crippen molar-refractivity contribution in [1.29, 1.82) is 0 Å². The van der Waals surface area contributed by atoms with Gasteiger partial charge in [-0.3, -0.25) is 4.79 Å². The number of carbonyl (C=O) groups is 1. The largest absolute Gasteiger partial charge is 0.369 e. The average Bonchev–Trinajstić information content (AvgIpc) is 2.85. The lowest BCUT2D eigenvalue weighted by Gasteiger charge is -2.08. The van der Waals surface area contributed by atoms with Crippen molar-refractivity contribution in [1.82, 2.24) is 14.5 Å². The summed E-state index contributed by atoms with van der Waals surface area (Å²) in [6, 6.07) is 7.84. The van der Waals surface area contributed by atoms with E-state index in [4.69, 9.17) is 5.73 Å². The molecule has 3 aromatic rings. The molecule has 0 radical (unpaired) electrons. The number of hydrogen-bond acceptors (Lipinski definition) is 3. The molecule has 1 amide bonds. The van der Waals surface area contributed by atoms with Crippen molar-refractivity contribution in [3.8, 4) is 11.4 Å². The van der Waals surface area contributed by atoms with E-state index in [0.29, 0.717) is 0 Å². The molecule has 21 heavy (non-hydrogen) atoms. The van der Waals surface area contributed by atoms with Gasteiger partial charge in [-0.15, -0.1) is 0 Å². The molecule has 0 saturated carbocycles. The first-order valence-electron chi connectivity index (χ1n) is 6.70. The lowest BCUT2D eigenvalue weighted by molar-refractivity contribution is -0.117. The van der Waals surface area contributed by atoms with Gasteiger partial charge in [-0.25, -0.2) is 9.97 Å². The molecule has 0 aliphatic carbocycles. The highest BCUT2D eigenvalue weighted by Gasteiger charge is 2.09. The number of aromatic nitrogens is 3. The van der Waals surface area contributed by atoms with Crippen LogP contribution in [0.15, 0.2) is 36.8 Å². The second kappa shape index (κ2) is 5.01. The minimum Gasteiger partial charge on any atom is -0.369 e. The van der Waals surface area contributed by atoms with E-state index in [9.17, 15) is 4.79 Å². The highest BCUT2D eigenvalue weighted by molar-refractivity contribution is 5.86. The van der Waals surface area contributed by atoms with Gasteiger partial charge in [0.15, 0.2) is 0 Å². The summed E-state index contributed by atoms with van der Waals surface area (Å²) in [5.74, 6) is -0.327. The van der Waals surface area contributed by atoms with Gasteiger partial charge >= 0.3 is 0 Å². The van der Waals surface area contributed by atoms with Crippen LogP contribution in [0.5, 0.6) is 0 Å². The Morgan fingerprint density at radius 2 is 2.14 bits per heavy atom. The minimum absolute atomic E-state index is 0.249. The number of hydrogen-bond donors (Lipinski definition) is 1. The molecular formula is C16H16N4O. The molecule has 1 aromatic carbocycles. The number of aryl methyl sites for hydroxylation is 2. The molecule has 5 heteroatoms. The first kappa shape index (κ1) is 13.3. The van der Waals surface area contributed by atoms with Gasteiger partial charge in [-0.05, 0) is 36.2 Å². The summed E-state index contributed by atoms with van der Waals surface area (Å²) in [5.41, 5.74) is 10.0. The molecule has 2 heterocycles. The second-order valence-electron chi connectivity index (χ2n) is 5.21. The van der Waals surface area contributed by atoms with Crippen molar-refractivity contribution in [3.05, 3.63) is 47.9 Å². The van der Waals surface area contributed by atoms with E-state index >= 15 is 0 Å². The third kappa shape index (κ3) is 2.50. The first-order valence-corrected chi connectivity index (χ1v) is 6.70. The van der Waals surface area contributed by atoms with Crippen LogP contribution in [-0.4, -0.2) is 20.4 Å². The zero-order valence-electron chi connectivity index (χ0n) is 12.0. The number of carbonyl (C=O) groups excluding carboxylic acids is 1. The van der Waals surface area contributed by atoms with Crippen LogP contribution in [0.4, 0.5) is 0 Å². The van der Waals surface area contributed by atoms with E-state index in [1.54, 1.807) is 12.5 Å². The van der Waals surface area contributed by atoms with Crippen LogP contribution >= 0.6 is 0 Å². The Morgan fingerprint density at radius 3 is 2.81 bits per heavy atom. The maximum atomic E-state index is 11.0. The lowest BCUT2D eigenvalue weighted by atomic mass is 10.0. The Labute approximate surface area is 122 Å². The van der Waals surface area contributed by atoms with Gasteiger partial charge in [0.25, 0.3) is 0 Å². The van der Waals surface area contributed by atoms with E-state index in [-0.39, 0.29) is 12.3 Å². The second-order valence-corrected chi connectivity index (χ2v) is 5.21. The van der Waals surface area contributed by atoms with Crippen LogP contribution in [-0.2, 0) is 18.3 Å². The van der Waals surface area contributed by atoms with Gasteiger partial charge in [-0.1, -0.05) is 6.07 Å². The number of rotatable bonds is 3. The fourth-order valence-electron chi connectivity index (χ4n) is 2.49. The van der Waals surface area contributed by atoms with E-state index < -0.39 is 0 Å². The normalized spacial score (nSPS) is 11.0. The molecule has 0 bridgehead atoms. The smallest absolute Gasteiger partial charge is 0.221 e. The van der Waals surface area contributed by atoms with Crippen LogP contribution in [0.1, 0.15) is 11.1 Å². The van der Waals surface area contributed by atoms with Crippen molar-refractivity contribution in [2.24, 2.45) is 12.8 Å². The van der Waals surface area contributed by atoms with Gasteiger partial charge in [0.2, 0.25) is 5.91 Å². The van der Waals surface area contributed by atoms with Crippen molar-refractivity contribution in [2.45, 2.75) is 13.3 Å². The van der Waals surface area contributed by atoms with Crippen LogP contribution < -0.4 is 5.73 Å². The Balaban J connectivity index is 2.13. The number of primary amides is 1. The zero-order chi connectivity index (χ0) is 15.0. The first-order chi connectivity index (χ1) is 10.0. The van der Waals surface area contributed by atoms with Gasteiger partial charge < -0.3 is 10.3 Å². The summed E-state index contributed by atoms with van der Waals surface area (Å²) in [5, 5.41) is 1.04. The average molecular weight is 280 g/mol. The summed E-state index contributed by atoms with van der Waals surface area (Å²) >= 11 is 0. The number of fused-ring (bicyclic) bond motifs is 1. The lowest BCUT2D eigenvalue weighted by Crippen LogP contribution is -2.13. The third-order valence-corrected chi connectivity index (χ3v) is 3.54. The highest BCUT2D eigenvalue weighted by Crippen LogP contribution is 2.24. The van der Waals surface area contributed by atoms with Crippen LogP contribution in [0.25, 0.3) is 22.3 Å². The number of imidazole rings is 1. The summed E-state index contributed by atoms with van der Waals surface area (Å²) in [6.07, 6.45) is 3.81. The highest BCUT2D eigenvalue weighted by atomic mass is 16.1. The molecule has 0 aliphatic heterocycles. The van der Waals surface area contributed by atoms with Crippen molar-refractivity contribution >= 4 is 16.8 Å². The molecule has 2 aromatic heterocycles. The summed E-state index contributed by atoms with van der Waals surface area (Å²) < 4.78 is 1.94. The van der Waals surface area contributed by atoms with E-state index in [0.717, 1.165) is 33.4 Å². The molecular weight excluding hydrogens is 264 g/mol. The van der Waals surface area contributed by atoms with Crippen LogP contribution in [0.2, 0.25) is 0 Å². The van der Waals surface area contributed by atoms with E-state index in [2.05, 4.69) is 9.97 Å². The van der Waals surface area contributed by atoms with Gasteiger partial charge in [-0.2, -0.15) is 0 Å². The Bertz CT molecular complexity index is 835. The summed E-state index contributed by atoms with van der Waals surface area (Å²) in [6.45, 7) is 2.04. The SMILES string of the molecule is Cc1cc(-c2cncn2C)nc2ccc(CC(N)=O)cc12. The third-order valence-electron chi connectivity index (χ3n) is 3.54. The molecule has 5 nitrogen and oxygen atoms in total. The molecule has 0 saturated heterocycles. The number of pyridine rings is 1. The van der Waals surface area contributed by atoms with E-state index in [1.807, 2.05) is 42.8 Å². The van der Waals surface area contributed by atoms with Crippen molar-refractivity contribution in [2.75, 3.05) is 0 Å². The summed E-state index contributed by atoms with van der Waals surface area (Å²) in [7, 11) is 1.94. The number of amides is 1. The van der Waals surface area contributed by atoms with Gasteiger partial charge in [0.05, 0.1) is 35.8 Å². The number of nitrogens with zero attached hydrogens (tertiary/aromatic N) is 3. The molecule has 0 spiro atoms. The van der Waals surface area contributed by atoms with Gasteiger partial charge in [0, 0.05) is 12.4 Å². The molecule has 3 rings (SSSR count). The Kier molecular flexibility index (Phi) is 3.17. The predicted octanol–water partition coefficient (Wildman–Crippen LogP) is 1.97. The van der Waals surface area contributed by atoms with Crippen molar-refractivity contribution in [3.63, 3.8) is 0 Å². The maximum Gasteiger partial charge on any atom is 0.221 e. The Morgan fingerprint density at radius 1 is 1.33 bits per heavy atom. The van der Waals surface area contributed by atoms with Crippen molar-refractivity contribution < 1.29 is 4.79 Å². The quantitative estimate of drug-likeness (QED) is 0.797. The topological polar surface area (TPSA) is 73.8 Å². The minimum atomic E-state index is -0.327. The Hall–Kier alpha value is -2.69. The molecule has 0 unspecified atom stereocenters. The molecule has 0 fully saturated rings. The van der Waals surface area contributed by atoms with Crippen LogP contribution in [0.3, 0.4) is 0 Å². The molecule has 0 aliphatic rings. The zero-order valence-corrected chi connectivity index (χ0v) is 12.0. The van der Waals surface area contributed by atoms with Crippen LogP contribution in [0, 0.1) is 6.92 Å². The fraction of sp³-hybridized carbons (Fsp3) is 0.188. The number of nitrogens with two attached hydrogens (primary N) is 1. The summed E-state index contributed by atoms with van der Waals surface area (Å²) in [4.78, 5) is 19.8. The number of benzene rings is 1. The maximum absolute atomic E-state index is 11.0. The monoisotopic (exact) mass is 280 g/mol. The molecule has 0 atom stereocenters. The van der Waals surface area contributed by atoms with E-state index in [1.165, 1.54) is 0 Å². The fourth-order valence-corrected chi connectivity index (χ4v) is 2.49. The molecule has 106 valence electrons. The van der Waals surface area contributed by atoms with Gasteiger partial charge in [0.1, 0.15) is 0 Å². The standard InChI is InChI=1S/C16H16N4O/c1-10-5-14(15-8-18-9-20(15)2)19-13-4-3-11(6-12(10)13)7-16(17)21/h3-6,8-9H,7H2,1-2H3,(H2,17,21). The molecule has 2 N–H and O–H groups in total.